The van der Waals surface area contributed by atoms with Crippen molar-refractivity contribution < 1.29 is 13.2 Å². The molecule has 3 rings (SSSR count). The molecule has 0 fully saturated rings. The van der Waals surface area contributed by atoms with Crippen molar-refractivity contribution in [2.24, 2.45) is 4.40 Å². The molecule has 0 spiro atoms. The van der Waals surface area contributed by atoms with E-state index in [0.29, 0.717) is 17.8 Å². The number of nitrogens with one attached hydrogen (secondary N) is 2. The number of nitrogens with zero attached hydrogens (tertiary/aromatic N) is 1. The number of rotatable bonds is 6. The van der Waals surface area contributed by atoms with Gasteiger partial charge in [0, 0.05) is 12.1 Å². The minimum Gasteiger partial charge on any atom is -0.350 e. The summed E-state index contributed by atoms with van der Waals surface area (Å²) in [6.45, 7) is 5.27. The van der Waals surface area contributed by atoms with Gasteiger partial charge in [-0.3, -0.25) is 9.52 Å². The maximum atomic E-state index is 12.4. The van der Waals surface area contributed by atoms with Crippen LogP contribution in [0, 0.1) is 0 Å². The van der Waals surface area contributed by atoms with Gasteiger partial charge in [0.15, 0.2) is 0 Å². The summed E-state index contributed by atoms with van der Waals surface area (Å²) < 4.78 is 29.2. The maximum absolute atomic E-state index is 12.4. The van der Waals surface area contributed by atoms with Crippen molar-refractivity contribution >= 4 is 21.8 Å². The molecule has 0 radical (unpaired) electrons. The van der Waals surface area contributed by atoms with E-state index in [1.165, 1.54) is 0 Å². The van der Waals surface area contributed by atoms with E-state index in [9.17, 15) is 13.2 Å². The highest BCUT2D eigenvalue weighted by Gasteiger charge is 2.21. The fraction of sp³-hybridized carbons (Fsp3) is 0.273. The second-order valence-electron chi connectivity index (χ2n) is 7.13. The first kappa shape index (κ1) is 20.8. The van der Waals surface area contributed by atoms with Gasteiger partial charge in [0.25, 0.3) is 0 Å². The Kier molecular flexibility index (Phi) is 6.17. The smallest absolute Gasteiger partial charge is 0.342 e. The summed E-state index contributed by atoms with van der Waals surface area (Å²) in [4.78, 5) is 12.4. The third-order valence-corrected chi connectivity index (χ3v) is 6.00. The van der Waals surface area contributed by atoms with Gasteiger partial charge in [-0.2, -0.15) is 8.42 Å². The van der Waals surface area contributed by atoms with E-state index < -0.39 is 10.2 Å². The molecule has 1 heterocycles. The van der Waals surface area contributed by atoms with E-state index in [2.05, 4.69) is 38.7 Å². The summed E-state index contributed by atoms with van der Waals surface area (Å²) in [6, 6.07) is 18.1. The molecule has 0 aromatic heterocycles. The number of allylic oxidation sites excluding steroid dienone is 2. The second kappa shape index (κ2) is 8.61. The van der Waals surface area contributed by atoms with Crippen molar-refractivity contribution in [3.05, 3.63) is 71.4 Å². The third-order valence-electron chi connectivity index (χ3n) is 4.93. The molecule has 1 unspecified atom stereocenters. The van der Waals surface area contributed by atoms with Gasteiger partial charge in [0.1, 0.15) is 0 Å². The molecule has 7 heteroatoms. The van der Waals surface area contributed by atoms with Crippen molar-refractivity contribution in [3.8, 4) is 11.1 Å². The predicted molar refractivity (Wildman–Crippen MR) is 116 cm³/mol. The average molecular weight is 412 g/mol. The highest BCUT2D eigenvalue weighted by Crippen LogP contribution is 2.22. The Morgan fingerprint density at radius 3 is 2.28 bits per heavy atom. The maximum Gasteiger partial charge on any atom is 0.342 e. The van der Waals surface area contributed by atoms with Crippen molar-refractivity contribution in [2.45, 2.75) is 39.7 Å². The molecule has 6 nitrogen and oxygen atoms in total. The molecule has 2 N–H and O–H groups in total. The molecule has 29 heavy (non-hydrogen) atoms. The van der Waals surface area contributed by atoms with Gasteiger partial charge >= 0.3 is 10.2 Å². The molecular weight excluding hydrogens is 386 g/mol. The first-order chi connectivity index (χ1) is 13.7. The van der Waals surface area contributed by atoms with Gasteiger partial charge in [-0.1, -0.05) is 54.6 Å². The molecule has 1 amide bonds. The van der Waals surface area contributed by atoms with Crippen LogP contribution in [0.4, 0.5) is 0 Å². The minimum atomic E-state index is -3.65. The number of hydrogen-bond donors (Lipinski definition) is 2. The Hall–Kier alpha value is -2.93. The molecule has 152 valence electrons. The molecule has 0 saturated carbocycles. The largest absolute Gasteiger partial charge is 0.350 e. The first-order valence-corrected chi connectivity index (χ1v) is 10.9. The van der Waals surface area contributed by atoms with Gasteiger partial charge in [-0.05, 0) is 49.5 Å². The van der Waals surface area contributed by atoms with Crippen LogP contribution in [0.3, 0.4) is 0 Å². The second-order valence-corrected chi connectivity index (χ2v) is 8.47. The van der Waals surface area contributed by atoms with Crippen LogP contribution in [0.1, 0.15) is 45.2 Å². The average Bonchev–Trinajstić information content (AvgIpc) is 2.67. The van der Waals surface area contributed by atoms with Crippen LogP contribution in [-0.2, 0) is 15.0 Å². The molecule has 0 saturated heterocycles. The molecule has 2 aromatic rings. The zero-order chi connectivity index (χ0) is 21.0. The number of hydrogen-bond acceptors (Lipinski definition) is 3. The standard InChI is InChI=1S/C22H25N3O3S/c1-15(18-9-11-20(12-10-18)19-7-5-4-6-8-19)23-22(26)14-13-21-16(2)24-29(27,28)25-17(21)3/h4-12,15,24H,13-14H2,1-3H3,(H,23,26). The molecule has 1 aliphatic rings. The molecular formula is C22H25N3O3S. The summed E-state index contributed by atoms with van der Waals surface area (Å²) in [5.41, 5.74) is 5.02. The molecule has 0 aliphatic carbocycles. The number of carbonyl (C=O) groups is 1. The van der Waals surface area contributed by atoms with Crippen LogP contribution in [0.2, 0.25) is 0 Å². The van der Waals surface area contributed by atoms with Crippen molar-refractivity contribution in [3.63, 3.8) is 0 Å². The van der Waals surface area contributed by atoms with Crippen LogP contribution in [0.5, 0.6) is 0 Å². The molecule has 2 aromatic carbocycles. The molecule has 0 bridgehead atoms. The predicted octanol–water partition coefficient (Wildman–Crippen LogP) is 3.89. The number of benzene rings is 2. The van der Waals surface area contributed by atoms with Crippen molar-refractivity contribution in [1.82, 2.24) is 10.0 Å². The van der Waals surface area contributed by atoms with Gasteiger partial charge in [-0.15, -0.1) is 4.40 Å². The van der Waals surface area contributed by atoms with Gasteiger partial charge < -0.3 is 5.32 Å². The summed E-state index contributed by atoms with van der Waals surface area (Å²) in [5, 5.41) is 3.00. The third kappa shape index (κ3) is 5.32. The van der Waals surface area contributed by atoms with Gasteiger partial charge in [0.05, 0.1) is 11.8 Å². The normalized spacial score (nSPS) is 16.6. The summed E-state index contributed by atoms with van der Waals surface area (Å²) >= 11 is 0. The van der Waals surface area contributed by atoms with Crippen molar-refractivity contribution in [1.29, 1.82) is 0 Å². The van der Waals surface area contributed by atoms with Crippen LogP contribution >= 0.6 is 0 Å². The van der Waals surface area contributed by atoms with E-state index in [1.807, 2.05) is 37.3 Å². The zero-order valence-corrected chi connectivity index (χ0v) is 17.6. The van der Waals surface area contributed by atoms with Crippen LogP contribution < -0.4 is 10.0 Å². The topological polar surface area (TPSA) is 87.6 Å². The van der Waals surface area contributed by atoms with E-state index in [4.69, 9.17) is 0 Å². The van der Waals surface area contributed by atoms with E-state index in [1.54, 1.807) is 13.8 Å². The summed E-state index contributed by atoms with van der Waals surface area (Å²) in [5.74, 6) is -0.0915. The van der Waals surface area contributed by atoms with E-state index in [-0.39, 0.29) is 18.4 Å². The fourth-order valence-electron chi connectivity index (χ4n) is 3.38. The van der Waals surface area contributed by atoms with Crippen molar-refractivity contribution in [2.75, 3.05) is 0 Å². The molecule has 1 atom stereocenters. The SMILES string of the molecule is CC1=NS(=O)(=O)NC(C)=C1CCC(=O)NC(C)c1ccc(-c2ccccc2)cc1. The molecule has 1 aliphatic heterocycles. The van der Waals surface area contributed by atoms with Crippen LogP contribution in [-0.4, -0.2) is 20.0 Å². The quantitative estimate of drug-likeness (QED) is 0.756. The highest BCUT2D eigenvalue weighted by molar-refractivity contribution is 7.88. The lowest BCUT2D eigenvalue weighted by atomic mass is 10.0. The zero-order valence-electron chi connectivity index (χ0n) is 16.8. The lowest BCUT2D eigenvalue weighted by molar-refractivity contribution is -0.121. The van der Waals surface area contributed by atoms with Gasteiger partial charge in [-0.25, -0.2) is 0 Å². The van der Waals surface area contributed by atoms with Gasteiger partial charge in [0.2, 0.25) is 5.91 Å². The summed E-state index contributed by atoms with van der Waals surface area (Å²) in [6.07, 6.45) is 0.683. The Bertz CT molecular complexity index is 1060. The van der Waals surface area contributed by atoms with Crippen LogP contribution in [0.15, 0.2) is 70.3 Å². The highest BCUT2D eigenvalue weighted by atomic mass is 32.2. The lowest BCUT2D eigenvalue weighted by Crippen LogP contribution is -2.29. The Morgan fingerprint density at radius 2 is 1.66 bits per heavy atom. The summed E-state index contributed by atoms with van der Waals surface area (Å²) in [7, 11) is -3.65. The van der Waals surface area contributed by atoms with Crippen LogP contribution in [0.25, 0.3) is 11.1 Å². The Labute approximate surface area is 171 Å². The van der Waals surface area contributed by atoms with E-state index in [0.717, 1.165) is 22.3 Å². The monoisotopic (exact) mass is 411 g/mol. The van der Waals surface area contributed by atoms with E-state index >= 15 is 0 Å². The Morgan fingerprint density at radius 1 is 1.03 bits per heavy atom. The number of amides is 1. The fourth-order valence-corrected chi connectivity index (χ4v) is 4.41. The lowest BCUT2D eigenvalue weighted by Gasteiger charge is -2.19. The number of carbonyl (C=O) groups excluding carboxylic acids is 1. The minimum absolute atomic E-state index is 0.0915. The first-order valence-electron chi connectivity index (χ1n) is 9.49. The Balaban J connectivity index is 1.58.